The maximum Gasteiger partial charge on any atom is 0.334 e. The van der Waals surface area contributed by atoms with Gasteiger partial charge in [-0.15, -0.1) is 0 Å². The van der Waals surface area contributed by atoms with E-state index < -0.39 is 11.5 Å². The van der Waals surface area contributed by atoms with Crippen molar-refractivity contribution >= 4 is 17.6 Å². The van der Waals surface area contributed by atoms with Crippen molar-refractivity contribution < 1.29 is 24.2 Å². The van der Waals surface area contributed by atoms with Crippen LogP contribution in [0.25, 0.3) is 0 Å². The zero-order valence-corrected chi connectivity index (χ0v) is 21.3. The van der Waals surface area contributed by atoms with Gasteiger partial charge in [0.15, 0.2) is 5.54 Å². The Balaban J connectivity index is 1.80. The van der Waals surface area contributed by atoms with Crippen LogP contribution in [0.1, 0.15) is 56.7 Å². The number of esters is 1. The van der Waals surface area contributed by atoms with Gasteiger partial charge in [-0.1, -0.05) is 19.9 Å². The van der Waals surface area contributed by atoms with Crippen LogP contribution in [0.15, 0.2) is 42.5 Å². The minimum Gasteiger partial charge on any atom is -0.490 e. The molecular formula is C28H35N3O5. The van der Waals surface area contributed by atoms with E-state index in [9.17, 15) is 14.7 Å². The first kappa shape index (κ1) is 27.0. The molecule has 0 aliphatic carbocycles. The van der Waals surface area contributed by atoms with E-state index in [4.69, 9.17) is 14.7 Å². The molecule has 8 nitrogen and oxygen atoms in total. The monoisotopic (exact) mass is 493 g/mol. The molecule has 0 bridgehead atoms. The third-order valence-electron chi connectivity index (χ3n) is 6.63. The van der Waals surface area contributed by atoms with E-state index >= 15 is 0 Å². The summed E-state index contributed by atoms with van der Waals surface area (Å²) >= 11 is 0. The molecule has 3 rings (SSSR count). The van der Waals surface area contributed by atoms with Gasteiger partial charge < -0.3 is 19.9 Å². The molecule has 1 aliphatic heterocycles. The normalized spacial score (nSPS) is 15.9. The highest BCUT2D eigenvalue weighted by Crippen LogP contribution is 2.34. The molecule has 1 heterocycles. The SMILES string of the molecule is CCOC(=O)CN1CCC(Oc2cc(CC)cc(C(CC)(Nc3ccc(C#N)cc3)C(=O)O)c2)CC1. The second-order valence-corrected chi connectivity index (χ2v) is 9.00. The number of ether oxygens (including phenoxy) is 2. The zero-order chi connectivity index (χ0) is 26.1. The third kappa shape index (κ3) is 6.55. The first-order valence-electron chi connectivity index (χ1n) is 12.5. The number of nitrogens with one attached hydrogen (secondary N) is 1. The number of carbonyl (C=O) groups is 2. The molecule has 0 radical (unpaired) electrons. The molecule has 2 aromatic carbocycles. The number of piperidine rings is 1. The van der Waals surface area contributed by atoms with Crippen LogP contribution in [0.5, 0.6) is 5.75 Å². The van der Waals surface area contributed by atoms with E-state index in [-0.39, 0.29) is 18.6 Å². The number of carboxylic acids is 1. The van der Waals surface area contributed by atoms with Crippen LogP contribution >= 0.6 is 0 Å². The number of hydrogen-bond donors (Lipinski definition) is 2. The van der Waals surface area contributed by atoms with Crippen LogP contribution in [-0.4, -0.2) is 54.3 Å². The van der Waals surface area contributed by atoms with Crippen molar-refractivity contribution in [1.82, 2.24) is 4.90 Å². The largest absolute Gasteiger partial charge is 0.490 e. The Morgan fingerprint density at radius 3 is 2.39 bits per heavy atom. The molecule has 2 N–H and O–H groups in total. The molecule has 0 amide bonds. The molecule has 1 fully saturated rings. The van der Waals surface area contributed by atoms with Gasteiger partial charge in [-0.3, -0.25) is 9.69 Å². The number of likely N-dealkylation sites (tertiary alicyclic amines) is 1. The number of benzene rings is 2. The average molecular weight is 494 g/mol. The first-order valence-corrected chi connectivity index (χ1v) is 12.5. The lowest BCUT2D eigenvalue weighted by molar-refractivity contribution is -0.145. The molecule has 36 heavy (non-hydrogen) atoms. The Kier molecular flexibility index (Phi) is 9.31. The van der Waals surface area contributed by atoms with Crippen molar-refractivity contribution in [3.05, 3.63) is 59.2 Å². The summed E-state index contributed by atoms with van der Waals surface area (Å²) in [6.07, 6.45) is 2.56. The van der Waals surface area contributed by atoms with Crippen LogP contribution < -0.4 is 10.1 Å². The van der Waals surface area contributed by atoms with Gasteiger partial charge in [-0.2, -0.15) is 5.26 Å². The van der Waals surface area contributed by atoms with Crippen LogP contribution in [-0.2, 0) is 26.3 Å². The summed E-state index contributed by atoms with van der Waals surface area (Å²) in [5, 5.41) is 22.6. The van der Waals surface area contributed by atoms with Crippen molar-refractivity contribution in [3.8, 4) is 11.8 Å². The summed E-state index contributed by atoms with van der Waals surface area (Å²) in [4.78, 5) is 26.5. The maximum absolute atomic E-state index is 12.7. The number of aryl methyl sites for hydroxylation is 1. The standard InChI is InChI=1S/C28H35N3O5/c1-4-20-15-22(28(5-2,27(33)34)30-23-9-7-21(18-29)8-10-23)17-25(16-20)36-24-11-13-31(14-12-24)19-26(32)35-6-3/h7-10,15-17,24,30H,4-6,11-14,19H2,1-3H3,(H,33,34). The van der Waals surface area contributed by atoms with Gasteiger partial charge in [-0.05, 0) is 80.1 Å². The number of carbonyl (C=O) groups excluding carboxylic acids is 1. The molecule has 8 heteroatoms. The van der Waals surface area contributed by atoms with Gasteiger partial charge in [0, 0.05) is 18.8 Å². The molecule has 2 aromatic rings. The minimum atomic E-state index is -1.36. The molecule has 0 saturated carbocycles. The summed E-state index contributed by atoms with van der Waals surface area (Å²) in [6, 6.07) is 14.5. The number of nitriles is 1. The fourth-order valence-electron chi connectivity index (χ4n) is 4.51. The highest BCUT2D eigenvalue weighted by molar-refractivity contribution is 5.85. The quantitative estimate of drug-likeness (QED) is 0.445. The first-order chi connectivity index (χ1) is 17.3. The van der Waals surface area contributed by atoms with E-state index in [1.807, 2.05) is 32.0 Å². The van der Waals surface area contributed by atoms with E-state index in [2.05, 4.69) is 16.3 Å². The number of carboxylic acid groups (broad SMARTS) is 1. The topological polar surface area (TPSA) is 112 Å². The molecular weight excluding hydrogens is 458 g/mol. The highest BCUT2D eigenvalue weighted by atomic mass is 16.5. The number of rotatable bonds is 11. The zero-order valence-electron chi connectivity index (χ0n) is 21.3. The van der Waals surface area contributed by atoms with Crippen molar-refractivity contribution in [2.45, 2.75) is 58.1 Å². The summed E-state index contributed by atoms with van der Waals surface area (Å²) < 4.78 is 11.4. The van der Waals surface area contributed by atoms with Crippen LogP contribution in [0, 0.1) is 11.3 Å². The number of anilines is 1. The predicted molar refractivity (Wildman–Crippen MR) is 137 cm³/mol. The van der Waals surface area contributed by atoms with E-state index in [1.54, 1.807) is 31.2 Å². The summed E-state index contributed by atoms with van der Waals surface area (Å²) in [5.74, 6) is -0.550. The van der Waals surface area contributed by atoms with Crippen LogP contribution in [0.2, 0.25) is 0 Å². The maximum atomic E-state index is 12.7. The van der Waals surface area contributed by atoms with E-state index in [1.165, 1.54) is 0 Å². The van der Waals surface area contributed by atoms with E-state index in [0.717, 1.165) is 37.9 Å². The number of aliphatic carboxylic acids is 1. The molecule has 0 aromatic heterocycles. The van der Waals surface area contributed by atoms with Crippen LogP contribution in [0.4, 0.5) is 5.69 Å². The number of nitrogens with zero attached hydrogens (tertiary/aromatic N) is 2. The van der Waals surface area contributed by atoms with Crippen molar-refractivity contribution in [3.63, 3.8) is 0 Å². The van der Waals surface area contributed by atoms with Gasteiger partial charge >= 0.3 is 11.9 Å². The van der Waals surface area contributed by atoms with Gasteiger partial charge in [0.2, 0.25) is 0 Å². The highest BCUT2D eigenvalue weighted by Gasteiger charge is 2.39. The van der Waals surface area contributed by atoms with Crippen LogP contribution in [0.3, 0.4) is 0 Å². The van der Waals surface area contributed by atoms with Crippen molar-refractivity contribution in [2.75, 3.05) is 31.6 Å². The minimum absolute atomic E-state index is 0.0178. The smallest absolute Gasteiger partial charge is 0.334 e. The Hall–Kier alpha value is -3.57. The fourth-order valence-corrected chi connectivity index (χ4v) is 4.51. The average Bonchev–Trinajstić information content (AvgIpc) is 2.88. The molecule has 1 saturated heterocycles. The van der Waals surface area contributed by atoms with E-state index in [0.29, 0.717) is 35.6 Å². The lowest BCUT2D eigenvalue weighted by Gasteiger charge is -2.33. The van der Waals surface area contributed by atoms with Gasteiger partial charge in [0.25, 0.3) is 0 Å². The lowest BCUT2D eigenvalue weighted by atomic mass is 9.85. The molecule has 0 spiro atoms. The number of hydrogen-bond acceptors (Lipinski definition) is 7. The Morgan fingerprint density at radius 1 is 1.14 bits per heavy atom. The molecule has 1 aliphatic rings. The van der Waals surface area contributed by atoms with Gasteiger partial charge in [0.05, 0.1) is 24.8 Å². The lowest BCUT2D eigenvalue weighted by Crippen LogP contribution is -2.43. The fraction of sp³-hybridized carbons (Fsp3) is 0.464. The second-order valence-electron chi connectivity index (χ2n) is 9.00. The van der Waals surface area contributed by atoms with Gasteiger partial charge in [-0.25, -0.2) is 4.79 Å². The van der Waals surface area contributed by atoms with Gasteiger partial charge in [0.1, 0.15) is 11.9 Å². The predicted octanol–water partition coefficient (Wildman–Crippen LogP) is 4.33. The Morgan fingerprint density at radius 2 is 1.83 bits per heavy atom. The third-order valence-corrected chi connectivity index (χ3v) is 6.63. The second kappa shape index (κ2) is 12.4. The molecule has 1 unspecified atom stereocenters. The Labute approximate surface area is 212 Å². The molecule has 192 valence electrons. The summed E-state index contributed by atoms with van der Waals surface area (Å²) in [7, 11) is 0. The molecule has 1 atom stereocenters. The van der Waals surface area contributed by atoms with Crippen molar-refractivity contribution in [1.29, 1.82) is 5.26 Å². The summed E-state index contributed by atoms with van der Waals surface area (Å²) in [5.41, 5.74) is 1.38. The summed E-state index contributed by atoms with van der Waals surface area (Å²) in [6.45, 7) is 7.80. The van der Waals surface area contributed by atoms with Crippen molar-refractivity contribution in [2.24, 2.45) is 0 Å². The Bertz CT molecular complexity index is 1090.